The van der Waals surface area contributed by atoms with Crippen LogP contribution in [0.5, 0.6) is 0 Å². The second-order valence-corrected chi connectivity index (χ2v) is 4.45. The second kappa shape index (κ2) is 6.03. The molecule has 2 aromatic rings. The smallest absolute Gasteiger partial charge is 0.193 e. The first kappa shape index (κ1) is 13.1. The summed E-state index contributed by atoms with van der Waals surface area (Å²) in [6.07, 6.45) is 1.01. The zero-order chi connectivity index (χ0) is 13.0. The first-order chi connectivity index (χ1) is 8.70. The van der Waals surface area contributed by atoms with Crippen LogP contribution in [-0.2, 0) is 0 Å². The van der Waals surface area contributed by atoms with Crippen LogP contribution in [0.2, 0.25) is 5.22 Å². The molecular formula is C14H15ClFNO. The Balaban J connectivity index is 2.27. The Morgan fingerprint density at radius 1 is 1.22 bits per heavy atom. The Hall–Kier alpha value is -1.32. The van der Waals surface area contributed by atoms with Crippen LogP contribution < -0.4 is 5.32 Å². The van der Waals surface area contributed by atoms with Gasteiger partial charge in [-0.15, -0.1) is 0 Å². The SMILES string of the molecule is CCCNC(c1ccc(F)cc1)c1ccc(Cl)o1. The maximum atomic E-state index is 12.9. The summed E-state index contributed by atoms with van der Waals surface area (Å²) in [5.41, 5.74) is 0.955. The predicted molar refractivity (Wildman–Crippen MR) is 70.3 cm³/mol. The van der Waals surface area contributed by atoms with Gasteiger partial charge in [0.2, 0.25) is 0 Å². The molecule has 0 saturated heterocycles. The Labute approximate surface area is 111 Å². The largest absolute Gasteiger partial charge is 0.448 e. The van der Waals surface area contributed by atoms with Gasteiger partial charge in [-0.05, 0) is 54.4 Å². The number of furan rings is 1. The van der Waals surface area contributed by atoms with E-state index in [1.165, 1.54) is 12.1 Å². The van der Waals surface area contributed by atoms with E-state index in [-0.39, 0.29) is 11.9 Å². The molecular weight excluding hydrogens is 253 g/mol. The zero-order valence-corrected chi connectivity index (χ0v) is 10.9. The maximum Gasteiger partial charge on any atom is 0.193 e. The van der Waals surface area contributed by atoms with Gasteiger partial charge in [0.25, 0.3) is 0 Å². The number of hydrogen-bond acceptors (Lipinski definition) is 2. The zero-order valence-electron chi connectivity index (χ0n) is 10.1. The third-order valence-electron chi connectivity index (χ3n) is 2.68. The lowest BCUT2D eigenvalue weighted by Gasteiger charge is -2.16. The van der Waals surface area contributed by atoms with Crippen LogP contribution >= 0.6 is 11.6 Å². The lowest BCUT2D eigenvalue weighted by Crippen LogP contribution is -2.22. The van der Waals surface area contributed by atoms with Gasteiger partial charge < -0.3 is 9.73 Å². The molecule has 1 aromatic heterocycles. The van der Waals surface area contributed by atoms with Gasteiger partial charge in [0.1, 0.15) is 11.6 Å². The van der Waals surface area contributed by atoms with Crippen LogP contribution in [0.4, 0.5) is 4.39 Å². The summed E-state index contributed by atoms with van der Waals surface area (Å²) in [5.74, 6) is 0.491. The molecule has 0 aliphatic heterocycles. The highest BCUT2D eigenvalue weighted by Crippen LogP contribution is 2.26. The molecule has 0 bridgehead atoms. The molecule has 0 fully saturated rings. The Morgan fingerprint density at radius 2 is 1.94 bits per heavy atom. The molecule has 96 valence electrons. The van der Waals surface area contributed by atoms with E-state index in [4.69, 9.17) is 16.0 Å². The van der Waals surface area contributed by atoms with Gasteiger partial charge in [-0.2, -0.15) is 0 Å². The van der Waals surface area contributed by atoms with Crippen molar-refractivity contribution in [3.05, 3.63) is 58.8 Å². The van der Waals surface area contributed by atoms with Gasteiger partial charge in [-0.1, -0.05) is 19.1 Å². The van der Waals surface area contributed by atoms with E-state index in [1.807, 2.05) is 6.07 Å². The van der Waals surface area contributed by atoms with Crippen molar-refractivity contribution in [2.75, 3.05) is 6.54 Å². The highest BCUT2D eigenvalue weighted by atomic mass is 35.5. The van der Waals surface area contributed by atoms with E-state index in [0.717, 1.165) is 24.3 Å². The summed E-state index contributed by atoms with van der Waals surface area (Å²) in [6, 6.07) is 9.83. The molecule has 2 rings (SSSR count). The van der Waals surface area contributed by atoms with Crippen LogP contribution in [0.3, 0.4) is 0 Å². The van der Waals surface area contributed by atoms with E-state index < -0.39 is 0 Å². The van der Waals surface area contributed by atoms with Crippen molar-refractivity contribution in [3.8, 4) is 0 Å². The fourth-order valence-electron chi connectivity index (χ4n) is 1.81. The Bertz CT molecular complexity index is 495. The molecule has 1 heterocycles. The third-order valence-corrected chi connectivity index (χ3v) is 2.88. The standard InChI is InChI=1S/C14H15ClFNO/c1-2-9-17-14(12-7-8-13(15)18-12)10-3-5-11(16)6-4-10/h3-8,14,17H,2,9H2,1H3. The Morgan fingerprint density at radius 3 is 2.50 bits per heavy atom. The molecule has 0 spiro atoms. The highest BCUT2D eigenvalue weighted by molar-refractivity contribution is 6.28. The van der Waals surface area contributed by atoms with Gasteiger partial charge in [0, 0.05) is 0 Å². The minimum Gasteiger partial charge on any atom is -0.448 e. The fourth-order valence-corrected chi connectivity index (χ4v) is 1.96. The summed E-state index contributed by atoms with van der Waals surface area (Å²) in [4.78, 5) is 0. The summed E-state index contributed by atoms with van der Waals surface area (Å²) >= 11 is 5.80. The van der Waals surface area contributed by atoms with Crippen molar-refractivity contribution < 1.29 is 8.81 Å². The van der Waals surface area contributed by atoms with Gasteiger partial charge in [-0.3, -0.25) is 0 Å². The van der Waals surface area contributed by atoms with E-state index in [9.17, 15) is 4.39 Å². The summed E-state index contributed by atoms with van der Waals surface area (Å²) < 4.78 is 18.4. The van der Waals surface area contributed by atoms with Gasteiger partial charge >= 0.3 is 0 Å². The van der Waals surface area contributed by atoms with Crippen LogP contribution in [0, 0.1) is 5.82 Å². The minimum atomic E-state index is -0.245. The maximum absolute atomic E-state index is 12.9. The van der Waals surface area contributed by atoms with E-state index in [2.05, 4.69) is 12.2 Å². The van der Waals surface area contributed by atoms with Gasteiger partial charge in [-0.25, -0.2) is 4.39 Å². The van der Waals surface area contributed by atoms with Crippen molar-refractivity contribution in [1.82, 2.24) is 5.32 Å². The number of rotatable bonds is 5. The van der Waals surface area contributed by atoms with Crippen LogP contribution in [0.25, 0.3) is 0 Å². The fraction of sp³-hybridized carbons (Fsp3) is 0.286. The molecule has 1 aromatic carbocycles. The number of benzene rings is 1. The average molecular weight is 268 g/mol. The van der Waals surface area contributed by atoms with Crippen LogP contribution in [0.1, 0.15) is 30.7 Å². The van der Waals surface area contributed by atoms with Crippen LogP contribution in [-0.4, -0.2) is 6.54 Å². The topological polar surface area (TPSA) is 25.2 Å². The molecule has 4 heteroatoms. The lowest BCUT2D eigenvalue weighted by molar-refractivity contribution is 0.447. The summed E-state index contributed by atoms with van der Waals surface area (Å²) in [5, 5.41) is 3.72. The number of hydrogen-bond donors (Lipinski definition) is 1. The first-order valence-corrected chi connectivity index (χ1v) is 6.32. The van der Waals surface area contributed by atoms with Crippen molar-refractivity contribution in [3.63, 3.8) is 0 Å². The first-order valence-electron chi connectivity index (χ1n) is 5.94. The summed E-state index contributed by atoms with van der Waals surface area (Å²) in [7, 11) is 0. The van der Waals surface area contributed by atoms with Crippen molar-refractivity contribution in [2.24, 2.45) is 0 Å². The molecule has 2 nitrogen and oxygen atoms in total. The van der Waals surface area contributed by atoms with Crippen molar-refractivity contribution >= 4 is 11.6 Å². The molecule has 0 aliphatic carbocycles. The lowest BCUT2D eigenvalue weighted by atomic mass is 10.0. The normalized spacial score (nSPS) is 12.6. The molecule has 18 heavy (non-hydrogen) atoms. The third kappa shape index (κ3) is 3.12. The molecule has 1 N–H and O–H groups in total. The molecule has 1 atom stereocenters. The van der Waals surface area contributed by atoms with E-state index in [0.29, 0.717) is 5.22 Å². The van der Waals surface area contributed by atoms with Crippen LogP contribution in [0.15, 0.2) is 40.8 Å². The summed E-state index contributed by atoms with van der Waals surface area (Å²) in [6.45, 7) is 2.93. The predicted octanol–water partition coefficient (Wildman–Crippen LogP) is 4.16. The van der Waals surface area contributed by atoms with Gasteiger partial charge in [0.15, 0.2) is 5.22 Å². The molecule has 0 aliphatic rings. The highest BCUT2D eigenvalue weighted by Gasteiger charge is 2.16. The van der Waals surface area contributed by atoms with Gasteiger partial charge in [0.05, 0.1) is 6.04 Å². The van der Waals surface area contributed by atoms with Crippen molar-refractivity contribution in [2.45, 2.75) is 19.4 Å². The molecule has 0 radical (unpaired) electrons. The van der Waals surface area contributed by atoms with E-state index in [1.54, 1.807) is 18.2 Å². The minimum absolute atomic E-state index is 0.0990. The monoisotopic (exact) mass is 267 g/mol. The second-order valence-electron chi connectivity index (χ2n) is 4.08. The Kier molecular flexibility index (Phi) is 4.39. The molecule has 1 unspecified atom stereocenters. The number of halogens is 2. The van der Waals surface area contributed by atoms with Crippen molar-refractivity contribution in [1.29, 1.82) is 0 Å². The van der Waals surface area contributed by atoms with E-state index >= 15 is 0 Å². The number of nitrogens with one attached hydrogen (secondary N) is 1. The average Bonchev–Trinajstić information content (AvgIpc) is 2.78. The quantitative estimate of drug-likeness (QED) is 0.880. The molecule has 0 amide bonds. The molecule has 0 saturated carbocycles.